The molecular weight excluding hydrogens is 412 g/mol. The summed E-state index contributed by atoms with van der Waals surface area (Å²) in [5.41, 5.74) is 5.63. The van der Waals surface area contributed by atoms with E-state index in [1.54, 1.807) is 0 Å². The Balaban J connectivity index is 1.71. The lowest BCUT2D eigenvalue weighted by Crippen LogP contribution is -2.43. The maximum atomic E-state index is 13.4. The van der Waals surface area contributed by atoms with Gasteiger partial charge in [-0.25, -0.2) is 0 Å². The van der Waals surface area contributed by atoms with Gasteiger partial charge in [-0.15, -0.1) is 0 Å². The third kappa shape index (κ3) is 5.32. The Hall–Kier alpha value is -2.60. The molecule has 1 atom stereocenters. The standard InChI is InChI=1S/C27H38N4O2/c1-4-31(21-12-14-28-15-13-21)25-7-5-6-23-22(25)11-9-18(2)8-10-20-16-19(3)30-27(33)24(20)17-29-26(23)32/h5-7,16,18,21,28H,4,8-15,17H2,1-3H3,(H,29,32)(H,30,33). The maximum Gasteiger partial charge on any atom is 0.253 e. The summed E-state index contributed by atoms with van der Waals surface area (Å²) >= 11 is 0. The van der Waals surface area contributed by atoms with Crippen molar-refractivity contribution in [3.05, 3.63) is 62.6 Å². The Morgan fingerprint density at radius 2 is 1.79 bits per heavy atom. The molecule has 1 unspecified atom stereocenters. The monoisotopic (exact) mass is 450 g/mol. The van der Waals surface area contributed by atoms with Crippen molar-refractivity contribution in [3.8, 4) is 0 Å². The van der Waals surface area contributed by atoms with Crippen LogP contribution in [0.4, 0.5) is 5.69 Å². The summed E-state index contributed by atoms with van der Waals surface area (Å²) < 4.78 is 0. The van der Waals surface area contributed by atoms with Crippen LogP contribution in [0.3, 0.4) is 0 Å². The summed E-state index contributed by atoms with van der Waals surface area (Å²) in [5, 5.41) is 6.52. The largest absolute Gasteiger partial charge is 0.368 e. The van der Waals surface area contributed by atoms with E-state index in [2.05, 4.69) is 46.5 Å². The van der Waals surface area contributed by atoms with Gasteiger partial charge in [-0.1, -0.05) is 13.0 Å². The van der Waals surface area contributed by atoms with Crippen molar-refractivity contribution in [1.82, 2.24) is 15.6 Å². The predicted octanol–water partition coefficient (Wildman–Crippen LogP) is 3.71. The SMILES string of the molecule is CCN(c1cccc2c1CCC(C)CCc1cc(C)[nH]c(=O)c1CNC2=O)C1CCNCC1. The molecular formula is C27H38N4O2. The number of nitrogens with one attached hydrogen (secondary N) is 3. The van der Waals surface area contributed by atoms with Crippen molar-refractivity contribution in [2.24, 2.45) is 5.92 Å². The minimum absolute atomic E-state index is 0.0904. The molecule has 1 saturated heterocycles. The Kier molecular flexibility index (Phi) is 7.53. The van der Waals surface area contributed by atoms with Crippen molar-refractivity contribution in [2.45, 2.75) is 71.9 Å². The summed E-state index contributed by atoms with van der Waals surface area (Å²) in [6.07, 6.45) is 6.06. The molecule has 2 aliphatic heterocycles. The number of hydrogen-bond acceptors (Lipinski definition) is 4. The molecule has 2 aliphatic rings. The smallest absolute Gasteiger partial charge is 0.253 e. The van der Waals surface area contributed by atoms with Crippen LogP contribution < -0.4 is 21.1 Å². The molecule has 2 aromatic rings. The zero-order valence-corrected chi connectivity index (χ0v) is 20.3. The van der Waals surface area contributed by atoms with E-state index < -0.39 is 0 Å². The van der Waals surface area contributed by atoms with E-state index in [-0.39, 0.29) is 18.0 Å². The number of H-pyrrole nitrogens is 1. The van der Waals surface area contributed by atoms with Gasteiger partial charge < -0.3 is 20.5 Å². The van der Waals surface area contributed by atoms with Crippen molar-refractivity contribution < 1.29 is 4.79 Å². The number of amides is 1. The zero-order chi connectivity index (χ0) is 23.4. The fraction of sp³-hybridized carbons (Fsp3) is 0.556. The highest BCUT2D eigenvalue weighted by Gasteiger charge is 2.25. The van der Waals surface area contributed by atoms with Crippen LogP contribution in [0.25, 0.3) is 0 Å². The summed E-state index contributed by atoms with van der Waals surface area (Å²) in [5.74, 6) is 0.419. The minimum Gasteiger partial charge on any atom is -0.368 e. The van der Waals surface area contributed by atoms with Crippen molar-refractivity contribution in [1.29, 1.82) is 0 Å². The number of anilines is 1. The number of carbonyl (C=O) groups is 1. The number of carbonyl (C=O) groups excluding carboxylic acids is 1. The van der Waals surface area contributed by atoms with Gasteiger partial charge in [0.1, 0.15) is 0 Å². The van der Waals surface area contributed by atoms with Gasteiger partial charge in [0.25, 0.3) is 11.5 Å². The quantitative estimate of drug-likeness (QED) is 0.666. The van der Waals surface area contributed by atoms with Crippen LogP contribution in [0.2, 0.25) is 0 Å². The molecule has 0 radical (unpaired) electrons. The number of aryl methyl sites for hydroxylation is 2. The highest BCUT2D eigenvalue weighted by Crippen LogP contribution is 2.31. The Morgan fingerprint density at radius 1 is 1.03 bits per heavy atom. The minimum atomic E-state index is -0.0907. The molecule has 0 bridgehead atoms. The van der Waals surface area contributed by atoms with Crippen LogP contribution >= 0.6 is 0 Å². The topological polar surface area (TPSA) is 77.2 Å². The van der Waals surface area contributed by atoms with Gasteiger partial charge >= 0.3 is 0 Å². The number of hydrogen-bond donors (Lipinski definition) is 3. The number of aromatic nitrogens is 1. The number of fused-ring (bicyclic) bond motifs is 2. The van der Waals surface area contributed by atoms with Gasteiger partial charge in [-0.05, 0) is 101 Å². The molecule has 6 nitrogen and oxygen atoms in total. The highest BCUT2D eigenvalue weighted by atomic mass is 16.1. The summed E-state index contributed by atoms with van der Waals surface area (Å²) in [4.78, 5) is 31.5. The summed E-state index contributed by atoms with van der Waals surface area (Å²) in [6, 6.07) is 8.71. The molecule has 6 heteroatoms. The van der Waals surface area contributed by atoms with E-state index >= 15 is 0 Å². The highest BCUT2D eigenvalue weighted by molar-refractivity contribution is 5.97. The Morgan fingerprint density at radius 3 is 2.55 bits per heavy atom. The third-order valence-corrected chi connectivity index (χ3v) is 7.38. The van der Waals surface area contributed by atoms with E-state index in [0.717, 1.165) is 80.5 Å². The first-order chi connectivity index (χ1) is 16.0. The maximum absolute atomic E-state index is 13.4. The van der Waals surface area contributed by atoms with E-state index in [9.17, 15) is 9.59 Å². The number of piperidine rings is 1. The van der Waals surface area contributed by atoms with Crippen LogP contribution in [0.15, 0.2) is 29.1 Å². The van der Waals surface area contributed by atoms with Crippen molar-refractivity contribution >= 4 is 11.6 Å². The van der Waals surface area contributed by atoms with Crippen LogP contribution in [0.5, 0.6) is 0 Å². The molecule has 33 heavy (non-hydrogen) atoms. The third-order valence-electron chi connectivity index (χ3n) is 7.38. The normalized spacial score (nSPS) is 20.1. The lowest BCUT2D eigenvalue weighted by molar-refractivity contribution is 0.0949. The first-order valence-corrected chi connectivity index (χ1v) is 12.6. The number of aromatic amines is 1. The average molecular weight is 451 g/mol. The second kappa shape index (κ2) is 10.6. The lowest BCUT2D eigenvalue weighted by Gasteiger charge is -2.37. The molecule has 0 aliphatic carbocycles. The molecule has 0 saturated carbocycles. The lowest BCUT2D eigenvalue weighted by atomic mass is 9.90. The summed E-state index contributed by atoms with van der Waals surface area (Å²) in [6.45, 7) is 9.69. The van der Waals surface area contributed by atoms with Gasteiger partial charge in [0, 0.05) is 41.6 Å². The van der Waals surface area contributed by atoms with E-state index in [1.807, 2.05) is 19.1 Å². The second-order valence-electron chi connectivity index (χ2n) is 9.72. The molecule has 1 aromatic heterocycles. The fourth-order valence-electron chi connectivity index (χ4n) is 5.47. The van der Waals surface area contributed by atoms with Crippen LogP contribution in [-0.2, 0) is 19.4 Å². The number of rotatable bonds is 3. The number of benzene rings is 1. The predicted molar refractivity (Wildman–Crippen MR) is 134 cm³/mol. The number of nitrogens with zero attached hydrogens (tertiary/aromatic N) is 1. The first kappa shape index (κ1) is 23.6. The molecule has 3 heterocycles. The first-order valence-electron chi connectivity index (χ1n) is 12.6. The summed E-state index contributed by atoms with van der Waals surface area (Å²) in [7, 11) is 0. The van der Waals surface area contributed by atoms with Gasteiger partial charge in [0.05, 0.1) is 0 Å². The van der Waals surface area contributed by atoms with Crippen LogP contribution in [0.1, 0.15) is 72.3 Å². The van der Waals surface area contributed by atoms with Crippen molar-refractivity contribution in [2.75, 3.05) is 24.5 Å². The Labute approximate surface area is 197 Å². The van der Waals surface area contributed by atoms with E-state index in [4.69, 9.17) is 0 Å². The number of pyridine rings is 1. The van der Waals surface area contributed by atoms with Gasteiger partial charge in [-0.2, -0.15) is 0 Å². The van der Waals surface area contributed by atoms with E-state index in [0.29, 0.717) is 17.5 Å². The van der Waals surface area contributed by atoms with Crippen LogP contribution in [-0.4, -0.2) is 36.6 Å². The molecule has 0 spiro atoms. The van der Waals surface area contributed by atoms with Crippen molar-refractivity contribution in [3.63, 3.8) is 0 Å². The van der Waals surface area contributed by atoms with E-state index in [1.165, 1.54) is 5.69 Å². The average Bonchev–Trinajstić information content (AvgIpc) is 2.81. The Bertz CT molecular complexity index is 1040. The molecule has 1 aromatic carbocycles. The molecule has 3 N–H and O–H groups in total. The molecule has 178 valence electrons. The molecule has 4 rings (SSSR count). The van der Waals surface area contributed by atoms with Crippen LogP contribution in [0, 0.1) is 12.8 Å². The molecule has 1 amide bonds. The van der Waals surface area contributed by atoms with Gasteiger partial charge in [0.15, 0.2) is 0 Å². The fourth-order valence-corrected chi connectivity index (χ4v) is 5.47. The molecule has 1 fully saturated rings. The van der Waals surface area contributed by atoms with Gasteiger partial charge in [0.2, 0.25) is 0 Å². The van der Waals surface area contributed by atoms with Gasteiger partial charge in [-0.3, -0.25) is 9.59 Å². The zero-order valence-electron chi connectivity index (χ0n) is 20.3. The second-order valence-corrected chi connectivity index (χ2v) is 9.72.